The number of ether oxygens (including phenoxy) is 3. The van der Waals surface area contributed by atoms with Crippen LogP contribution in [0.3, 0.4) is 0 Å². The number of hydrogen-bond acceptors (Lipinski definition) is 4. The van der Waals surface area contributed by atoms with Gasteiger partial charge in [-0.1, -0.05) is 74.5 Å². The van der Waals surface area contributed by atoms with E-state index in [0.717, 1.165) is 17.5 Å². The molecule has 0 aliphatic carbocycles. The van der Waals surface area contributed by atoms with Crippen molar-refractivity contribution in [2.45, 2.75) is 58.1 Å². The molecule has 0 amide bonds. The Morgan fingerprint density at radius 2 is 1.35 bits per heavy atom. The standard InChI is InChI=1S/C22H28O4/c1-3-19-16(2)20(24-14-17-10-6-4-7-11-17)21(22(23)26-19)25-15-18-12-8-5-9-13-18/h4-13,16,19-23H,3,14-15H2,1-2H3/t16-,19+,20-,21+,22?/m0/s1. The van der Waals surface area contributed by atoms with E-state index in [1.54, 1.807) is 0 Å². The third-order valence-corrected chi connectivity index (χ3v) is 5.00. The molecule has 0 bridgehead atoms. The predicted molar refractivity (Wildman–Crippen MR) is 100 cm³/mol. The molecule has 1 saturated heterocycles. The zero-order chi connectivity index (χ0) is 18.4. The van der Waals surface area contributed by atoms with Crippen molar-refractivity contribution in [3.63, 3.8) is 0 Å². The molecule has 0 saturated carbocycles. The van der Waals surface area contributed by atoms with E-state index in [0.29, 0.717) is 13.2 Å². The van der Waals surface area contributed by atoms with E-state index in [-0.39, 0.29) is 18.1 Å². The van der Waals surface area contributed by atoms with Crippen LogP contribution in [0.2, 0.25) is 0 Å². The highest BCUT2D eigenvalue weighted by molar-refractivity contribution is 5.14. The number of aliphatic hydroxyl groups is 1. The molecule has 1 aliphatic heterocycles. The highest BCUT2D eigenvalue weighted by Crippen LogP contribution is 2.32. The molecule has 0 radical (unpaired) electrons. The second-order valence-electron chi connectivity index (χ2n) is 6.85. The van der Waals surface area contributed by atoms with Crippen LogP contribution in [0.15, 0.2) is 60.7 Å². The first-order valence-electron chi connectivity index (χ1n) is 9.33. The van der Waals surface area contributed by atoms with E-state index in [4.69, 9.17) is 14.2 Å². The van der Waals surface area contributed by atoms with Crippen molar-refractivity contribution in [3.8, 4) is 0 Å². The monoisotopic (exact) mass is 356 g/mol. The molecule has 0 spiro atoms. The predicted octanol–water partition coefficient (Wildman–Crippen LogP) is 3.92. The quantitative estimate of drug-likeness (QED) is 0.817. The third kappa shape index (κ3) is 4.71. The molecule has 26 heavy (non-hydrogen) atoms. The molecular weight excluding hydrogens is 328 g/mol. The van der Waals surface area contributed by atoms with Crippen LogP contribution in [0, 0.1) is 5.92 Å². The first kappa shape index (κ1) is 19.1. The summed E-state index contributed by atoms with van der Waals surface area (Å²) < 4.78 is 18.0. The molecule has 5 atom stereocenters. The first-order chi connectivity index (χ1) is 12.7. The van der Waals surface area contributed by atoms with Crippen LogP contribution < -0.4 is 0 Å². The summed E-state index contributed by atoms with van der Waals surface area (Å²) in [4.78, 5) is 0. The Bertz CT molecular complexity index is 646. The minimum atomic E-state index is -0.986. The van der Waals surface area contributed by atoms with Crippen LogP contribution in [0.25, 0.3) is 0 Å². The SMILES string of the molecule is CC[C@H]1OC(O)[C@H](OCc2ccccc2)[C@@H](OCc2ccccc2)[C@H]1C. The van der Waals surface area contributed by atoms with Crippen LogP contribution in [0.4, 0.5) is 0 Å². The molecular formula is C22H28O4. The maximum atomic E-state index is 10.5. The fourth-order valence-corrected chi connectivity index (χ4v) is 3.48. The highest BCUT2D eigenvalue weighted by atomic mass is 16.7. The van der Waals surface area contributed by atoms with Gasteiger partial charge in [0, 0.05) is 5.92 Å². The average molecular weight is 356 g/mol. The molecule has 3 rings (SSSR count). The zero-order valence-corrected chi connectivity index (χ0v) is 15.5. The number of aliphatic hydroxyl groups excluding tert-OH is 1. The molecule has 2 aromatic rings. The van der Waals surface area contributed by atoms with Crippen molar-refractivity contribution in [2.24, 2.45) is 5.92 Å². The van der Waals surface area contributed by atoms with Gasteiger partial charge >= 0.3 is 0 Å². The van der Waals surface area contributed by atoms with Gasteiger partial charge in [-0.25, -0.2) is 0 Å². The molecule has 4 nitrogen and oxygen atoms in total. The molecule has 4 heteroatoms. The molecule has 1 aliphatic rings. The van der Waals surface area contributed by atoms with Gasteiger partial charge in [0.05, 0.1) is 25.4 Å². The lowest BCUT2D eigenvalue weighted by atomic mass is 9.89. The number of hydrogen-bond donors (Lipinski definition) is 1. The topological polar surface area (TPSA) is 47.9 Å². The molecule has 140 valence electrons. The van der Waals surface area contributed by atoms with Crippen molar-refractivity contribution in [2.75, 3.05) is 0 Å². The lowest BCUT2D eigenvalue weighted by Crippen LogP contribution is -2.55. The van der Waals surface area contributed by atoms with Crippen LogP contribution in [-0.4, -0.2) is 29.7 Å². The summed E-state index contributed by atoms with van der Waals surface area (Å²) in [5.41, 5.74) is 2.17. The third-order valence-electron chi connectivity index (χ3n) is 5.00. The molecule has 1 N–H and O–H groups in total. The fourth-order valence-electron chi connectivity index (χ4n) is 3.48. The largest absolute Gasteiger partial charge is 0.370 e. The Morgan fingerprint density at radius 3 is 1.85 bits per heavy atom. The van der Waals surface area contributed by atoms with E-state index in [2.05, 4.69) is 13.8 Å². The molecule has 0 aromatic heterocycles. The van der Waals surface area contributed by atoms with E-state index in [1.165, 1.54) is 0 Å². The maximum absolute atomic E-state index is 10.5. The lowest BCUT2D eigenvalue weighted by molar-refractivity contribution is -0.289. The van der Waals surface area contributed by atoms with E-state index in [9.17, 15) is 5.11 Å². The van der Waals surface area contributed by atoms with Gasteiger partial charge in [-0.2, -0.15) is 0 Å². The second kappa shape index (κ2) is 9.28. The summed E-state index contributed by atoms with van der Waals surface area (Å²) in [5, 5.41) is 10.5. The minimum Gasteiger partial charge on any atom is -0.370 e. The van der Waals surface area contributed by atoms with Gasteiger partial charge in [-0.15, -0.1) is 0 Å². The number of rotatable bonds is 7. The number of benzene rings is 2. The van der Waals surface area contributed by atoms with Gasteiger partial charge in [-0.05, 0) is 17.5 Å². The highest BCUT2D eigenvalue weighted by Gasteiger charge is 2.44. The Kier molecular flexibility index (Phi) is 6.80. The van der Waals surface area contributed by atoms with Crippen LogP contribution in [0.1, 0.15) is 31.4 Å². The Morgan fingerprint density at radius 1 is 0.846 bits per heavy atom. The lowest BCUT2D eigenvalue weighted by Gasteiger charge is -2.43. The molecule has 1 fully saturated rings. The van der Waals surface area contributed by atoms with Crippen molar-refractivity contribution < 1.29 is 19.3 Å². The van der Waals surface area contributed by atoms with Crippen molar-refractivity contribution in [1.29, 1.82) is 0 Å². The fraction of sp³-hybridized carbons (Fsp3) is 0.455. The van der Waals surface area contributed by atoms with Crippen molar-refractivity contribution in [1.82, 2.24) is 0 Å². The second-order valence-corrected chi connectivity index (χ2v) is 6.85. The summed E-state index contributed by atoms with van der Waals surface area (Å²) in [6, 6.07) is 20.0. The van der Waals surface area contributed by atoms with Gasteiger partial charge < -0.3 is 19.3 Å². The van der Waals surface area contributed by atoms with E-state index >= 15 is 0 Å². The minimum absolute atomic E-state index is 0.0395. The van der Waals surface area contributed by atoms with Gasteiger partial charge in [0.15, 0.2) is 6.29 Å². The average Bonchev–Trinajstić information content (AvgIpc) is 2.69. The first-order valence-corrected chi connectivity index (χ1v) is 9.33. The normalized spacial score (nSPS) is 28.8. The van der Waals surface area contributed by atoms with E-state index in [1.807, 2.05) is 60.7 Å². The van der Waals surface area contributed by atoms with Crippen LogP contribution in [-0.2, 0) is 27.4 Å². The summed E-state index contributed by atoms with van der Waals surface area (Å²) in [7, 11) is 0. The Hall–Kier alpha value is -1.72. The summed E-state index contributed by atoms with van der Waals surface area (Å²) >= 11 is 0. The summed E-state index contributed by atoms with van der Waals surface area (Å²) in [6.07, 6.45) is -0.943. The van der Waals surface area contributed by atoms with Gasteiger partial charge in [0.25, 0.3) is 0 Å². The maximum Gasteiger partial charge on any atom is 0.184 e. The van der Waals surface area contributed by atoms with Crippen LogP contribution in [0.5, 0.6) is 0 Å². The van der Waals surface area contributed by atoms with Gasteiger partial charge in [0.2, 0.25) is 0 Å². The van der Waals surface area contributed by atoms with E-state index < -0.39 is 12.4 Å². The summed E-state index contributed by atoms with van der Waals surface area (Å²) in [5.74, 6) is 0.132. The van der Waals surface area contributed by atoms with Gasteiger partial charge in [0.1, 0.15) is 6.10 Å². The van der Waals surface area contributed by atoms with Crippen molar-refractivity contribution >= 4 is 0 Å². The smallest absolute Gasteiger partial charge is 0.184 e. The Labute approximate surface area is 155 Å². The summed E-state index contributed by atoms with van der Waals surface area (Å²) in [6.45, 7) is 5.08. The molecule has 1 heterocycles. The molecule has 2 aromatic carbocycles. The zero-order valence-electron chi connectivity index (χ0n) is 15.5. The molecule has 1 unspecified atom stereocenters. The Balaban J connectivity index is 1.69. The van der Waals surface area contributed by atoms with Gasteiger partial charge in [-0.3, -0.25) is 0 Å². The van der Waals surface area contributed by atoms with Crippen LogP contribution >= 0.6 is 0 Å². The van der Waals surface area contributed by atoms with Crippen molar-refractivity contribution in [3.05, 3.63) is 71.8 Å².